The van der Waals surface area contributed by atoms with Crippen LogP contribution in [-0.2, 0) is 14.3 Å². The molecule has 26 heavy (non-hydrogen) atoms. The molecule has 0 aliphatic carbocycles. The van der Waals surface area contributed by atoms with Crippen molar-refractivity contribution in [3.05, 3.63) is 34.9 Å². The van der Waals surface area contributed by atoms with Crippen LogP contribution in [0.4, 0.5) is 0 Å². The Balaban J connectivity index is 2.73. The first-order valence-corrected chi connectivity index (χ1v) is 8.72. The molecule has 138 valence electrons. The van der Waals surface area contributed by atoms with Gasteiger partial charge in [-0.2, -0.15) is 10.5 Å². The quantitative estimate of drug-likeness (QED) is 0.617. The zero-order valence-electron chi connectivity index (χ0n) is 14.9. The molecule has 0 heterocycles. The summed E-state index contributed by atoms with van der Waals surface area (Å²) in [7, 11) is 0. The van der Waals surface area contributed by atoms with E-state index in [1.165, 1.54) is 4.90 Å². The van der Waals surface area contributed by atoms with E-state index in [2.05, 4.69) is 0 Å². The van der Waals surface area contributed by atoms with Gasteiger partial charge in [0.2, 0.25) is 0 Å². The largest absolute Gasteiger partial charge is 0.455 e. The monoisotopic (exact) mass is 375 g/mol. The molecular weight excluding hydrogens is 354 g/mol. The van der Waals surface area contributed by atoms with Crippen molar-refractivity contribution >= 4 is 23.5 Å². The first-order valence-electron chi connectivity index (χ1n) is 8.34. The molecule has 1 aromatic rings. The molecule has 0 fully saturated rings. The molecule has 0 aliphatic heterocycles. The maximum absolute atomic E-state index is 12.5. The Morgan fingerprint density at radius 3 is 2.12 bits per heavy atom. The van der Waals surface area contributed by atoms with E-state index in [0.717, 1.165) is 5.56 Å². The minimum absolute atomic E-state index is 0.0212. The number of carbonyl (C=O) groups excluding carboxylic acids is 2. The van der Waals surface area contributed by atoms with E-state index >= 15 is 0 Å². The number of rotatable bonds is 9. The molecule has 1 rings (SSSR count). The van der Waals surface area contributed by atoms with Crippen LogP contribution in [0.1, 0.15) is 38.2 Å². The second-order valence-electron chi connectivity index (χ2n) is 6.08. The van der Waals surface area contributed by atoms with Crippen LogP contribution in [0.25, 0.3) is 0 Å². The lowest BCUT2D eigenvalue weighted by molar-refractivity contribution is -0.154. The Kier molecular flexibility index (Phi) is 9.19. The van der Waals surface area contributed by atoms with E-state index in [-0.39, 0.29) is 31.8 Å². The molecule has 0 radical (unpaired) electrons. The van der Waals surface area contributed by atoms with Crippen LogP contribution in [-0.4, -0.2) is 36.5 Å². The first-order chi connectivity index (χ1) is 12.4. The lowest BCUT2D eigenvalue weighted by Gasteiger charge is -2.23. The van der Waals surface area contributed by atoms with Gasteiger partial charge in [0.15, 0.2) is 6.61 Å². The summed E-state index contributed by atoms with van der Waals surface area (Å²) in [5.41, 5.74) is 0.771. The van der Waals surface area contributed by atoms with E-state index in [1.807, 2.05) is 26.0 Å². The number of carbonyl (C=O) groups is 2. The van der Waals surface area contributed by atoms with Crippen molar-refractivity contribution in [1.29, 1.82) is 10.5 Å². The average Bonchev–Trinajstić information content (AvgIpc) is 2.61. The maximum atomic E-state index is 12.5. The lowest BCUT2D eigenvalue weighted by atomic mass is 9.88. The molecule has 0 aromatic heterocycles. The third-order valence-electron chi connectivity index (χ3n) is 3.83. The molecule has 6 nitrogen and oxygen atoms in total. The topological polar surface area (TPSA) is 94.2 Å². The Morgan fingerprint density at radius 2 is 1.65 bits per heavy atom. The van der Waals surface area contributed by atoms with Gasteiger partial charge >= 0.3 is 5.97 Å². The lowest BCUT2D eigenvalue weighted by Crippen LogP contribution is -2.36. The van der Waals surface area contributed by atoms with Gasteiger partial charge < -0.3 is 9.64 Å². The second kappa shape index (κ2) is 11.1. The van der Waals surface area contributed by atoms with Crippen LogP contribution < -0.4 is 0 Å². The van der Waals surface area contributed by atoms with E-state index in [4.69, 9.17) is 26.9 Å². The summed E-state index contributed by atoms with van der Waals surface area (Å²) in [6, 6.07) is 10.9. The normalized spacial score (nSPS) is 11.3. The molecule has 0 bridgehead atoms. The summed E-state index contributed by atoms with van der Waals surface area (Å²) < 4.78 is 5.22. The van der Waals surface area contributed by atoms with Gasteiger partial charge in [-0.3, -0.25) is 9.59 Å². The number of benzene rings is 1. The van der Waals surface area contributed by atoms with Crippen LogP contribution in [0.15, 0.2) is 24.3 Å². The fourth-order valence-corrected chi connectivity index (χ4v) is 2.63. The number of ether oxygens (including phenoxy) is 1. The highest BCUT2D eigenvalue weighted by molar-refractivity contribution is 6.30. The van der Waals surface area contributed by atoms with Crippen molar-refractivity contribution in [2.45, 2.75) is 32.6 Å². The summed E-state index contributed by atoms with van der Waals surface area (Å²) in [6.45, 7) is 3.80. The first kappa shape index (κ1) is 21.5. The van der Waals surface area contributed by atoms with Crippen molar-refractivity contribution in [2.75, 3.05) is 19.7 Å². The van der Waals surface area contributed by atoms with Gasteiger partial charge in [0.05, 0.1) is 30.9 Å². The zero-order chi connectivity index (χ0) is 19.5. The standard InChI is InChI=1S/C19H22ClN3O3/c1-14(2)18(15-5-7-16(20)8-6-15)19(25)26-13-17(24)23(11-3-9-21)12-4-10-22/h5-8,14,18H,3-4,11-13H2,1-2H3. The van der Waals surface area contributed by atoms with E-state index < -0.39 is 24.4 Å². The van der Waals surface area contributed by atoms with E-state index in [0.29, 0.717) is 5.02 Å². The summed E-state index contributed by atoms with van der Waals surface area (Å²) >= 11 is 5.88. The molecule has 0 spiro atoms. The second-order valence-corrected chi connectivity index (χ2v) is 6.51. The van der Waals surface area contributed by atoms with E-state index in [1.54, 1.807) is 24.3 Å². The Labute approximate surface area is 158 Å². The minimum Gasteiger partial charge on any atom is -0.455 e. The van der Waals surface area contributed by atoms with Gasteiger partial charge in [0.25, 0.3) is 5.91 Å². The van der Waals surface area contributed by atoms with Crippen molar-refractivity contribution in [3.8, 4) is 12.1 Å². The fourth-order valence-electron chi connectivity index (χ4n) is 2.51. The molecule has 7 heteroatoms. The summed E-state index contributed by atoms with van der Waals surface area (Å²) in [5.74, 6) is -1.43. The van der Waals surface area contributed by atoms with Crippen LogP contribution in [0.3, 0.4) is 0 Å². The van der Waals surface area contributed by atoms with E-state index in [9.17, 15) is 9.59 Å². The molecule has 1 atom stereocenters. The van der Waals surface area contributed by atoms with Crippen LogP contribution in [0.5, 0.6) is 0 Å². The zero-order valence-corrected chi connectivity index (χ0v) is 15.7. The third kappa shape index (κ3) is 6.74. The smallest absolute Gasteiger partial charge is 0.314 e. The molecule has 1 unspecified atom stereocenters. The van der Waals surface area contributed by atoms with Gasteiger partial charge in [-0.15, -0.1) is 0 Å². The number of nitrogens with zero attached hydrogens (tertiary/aromatic N) is 3. The number of halogens is 1. The van der Waals surface area contributed by atoms with Gasteiger partial charge in [-0.05, 0) is 23.6 Å². The molecule has 1 aromatic carbocycles. The Hall–Kier alpha value is -2.57. The van der Waals surface area contributed by atoms with Gasteiger partial charge in [0.1, 0.15) is 0 Å². The van der Waals surface area contributed by atoms with Gasteiger partial charge in [0, 0.05) is 18.1 Å². The highest BCUT2D eigenvalue weighted by Crippen LogP contribution is 2.27. The predicted molar refractivity (Wildman–Crippen MR) is 97.0 cm³/mol. The van der Waals surface area contributed by atoms with Gasteiger partial charge in [-0.25, -0.2) is 0 Å². The Morgan fingerprint density at radius 1 is 1.12 bits per heavy atom. The molecular formula is C19H22ClN3O3. The molecule has 0 saturated carbocycles. The number of hydrogen-bond donors (Lipinski definition) is 0. The third-order valence-corrected chi connectivity index (χ3v) is 4.08. The highest BCUT2D eigenvalue weighted by atomic mass is 35.5. The summed E-state index contributed by atoms with van der Waals surface area (Å²) in [5, 5.41) is 17.9. The minimum atomic E-state index is -0.508. The average molecular weight is 376 g/mol. The van der Waals surface area contributed by atoms with Crippen molar-refractivity contribution in [1.82, 2.24) is 4.90 Å². The van der Waals surface area contributed by atoms with Crippen LogP contribution >= 0.6 is 11.6 Å². The van der Waals surface area contributed by atoms with Crippen molar-refractivity contribution in [3.63, 3.8) is 0 Å². The molecule has 1 amide bonds. The van der Waals surface area contributed by atoms with Crippen LogP contribution in [0, 0.1) is 28.6 Å². The predicted octanol–water partition coefficient (Wildman–Crippen LogP) is 3.28. The van der Waals surface area contributed by atoms with Crippen molar-refractivity contribution in [2.24, 2.45) is 5.92 Å². The molecule has 0 N–H and O–H groups in total. The SMILES string of the molecule is CC(C)C(C(=O)OCC(=O)N(CCC#N)CCC#N)c1ccc(Cl)cc1. The van der Waals surface area contributed by atoms with Crippen molar-refractivity contribution < 1.29 is 14.3 Å². The number of esters is 1. The molecule has 0 aliphatic rings. The number of hydrogen-bond acceptors (Lipinski definition) is 5. The summed E-state index contributed by atoms with van der Waals surface area (Å²) in [4.78, 5) is 26.1. The highest BCUT2D eigenvalue weighted by Gasteiger charge is 2.27. The van der Waals surface area contributed by atoms with Crippen LogP contribution in [0.2, 0.25) is 5.02 Å². The Bertz CT molecular complexity index is 671. The number of nitriles is 2. The maximum Gasteiger partial charge on any atom is 0.314 e. The molecule has 0 saturated heterocycles. The fraction of sp³-hybridized carbons (Fsp3) is 0.474. The number of amides is 1. The van der Waals surface area contributed by atoms with Gasteiger partial charge in [-0.1, -0.05) is 37.6 Å². The summed E-state index contributed by atoms with van der Waals surface area (Å²) in [6.07, 6.45) is 0.315.